The Morgan fingerprint density at radius 3 is 2.64 bits per heavy atom. The number of aromatic nitrogens is 2. The minimum absolute atomic E-state index is 0.206. The second-order valence-corrected chi connectivity index (χ2v) is 9.76. The summed E-state index contributed by atoms with van der Waals surface area (Å²) in [5, 5.41) is 3.48. The van der Waals surface area contributed by atoms with Crippen molar-refractivity contribution in [3.05, 3.63) is 76.1 Å². The van der Waals surface area contributed by atoms with Crippen LogP contribution in [0.4, 0.5) is 14.9 Å². The summed E-state index contributed by atoms with van der Waals surface area (Å²) in [4.78, 5) is 23.8. The van der Waals surface area contributed by atoms with E-state index in [0.717, 1.165) is 41.5 Å². The number of anilines is 1. The Bertz CT molecular complexity index is 1290. The van der Waals surface area contributed by atoms with Gasteiger partial charge < -0.3 is 10.2 Å². The SMILES string of the molecule is Cc1cn2c(CN3CCN(C(=O)Nc4cccc(F)c4)CC3)c(-c3ccc(Cl)cc3)nc2s1. The quantitative estimate of drug-likeness (QED) is 0.416. The van der Waals surface area contributed by atoms with Crippen LogP contribution in [0.15, 0.2) is 54.7 Å². The van der Waals surface area contributed by atoms with Crippen LogP contribution >= 0.6 is 22.9 Å². The second-order valence-electron chi connectivity index (χ2n) is 8.11. The number of nitrogens with zero attached hydrogens (tertiary/aromatic N) is 4. The van der Waals surface area contributed by atoms with E-state index in [2.05, 4.69) is 27.7 Å². The number of aryl methyl sites for hydroxylation is 1. The third-order valence-corrected chi connectivity index (χ3v) is 6.92. The highest BCUT2D eigenvalue weighted by Crippen LogP contribution is 2.30. The van der Waals surface area contributed by atoms with Gasteiger partial charge in [-0.3, -0.25) is 9.30 Å². The summed E-state index contributed by atoms with van der Waals surface area (Å²) in [7, 11) is 0. The number of carbonyl (C=O) groups is 1. The van der Waals surface area contributed by atoms with Gasteiger partial charge in [-0.15, -0.1) is 11.3 Å². The number of benzene rings is 2. The summed E-state index contributed by atoms with van der Waals surface area (Å²) < 4.78 is 15.6. The number of fused-ring (bicyclic) bond motifs is 1. The van der Waals surface area contributed by atoms with Crippen LogP contribution in [0.5, 0.6) is 0 Å². The minimum atomic E-state index is -0.370. The van der Waals surface area contributed by atoms with Crippen molar-refractivity contribution in [1.29, 1.82) is 0 Å². The van der Waals surface area contributed by atoms with E-state index >= 15 is 0 Å². The smallest absolute Gasteiger partial charge is 0.321 e. The van der Waals surface area contributed by atoms with E-state index in [0.29, 0.717) is 23.8 Å². The molecule has 1 saturated heterocycles. The first-order chi connectivity index (χ1) is 16.0. The molecule has 0 radical (unpaired) electrons. The molecule has 0 bridgehead atoms. The van der Waals surface area contributed by atoms with Crippen LogP contribution in [0.3, 0.4) is 0 Å². The molecule has 2 aromatic heterocycles. The van der Waals surface area contributed by atoms with E-state index in [1.54, 1.807) is 28.4 Å². The number of carbonyl (C=O) groups excluding carboxylic acids is 1. The molecule has 0 aliphatic carbocycles. The molecule has 2 amide bonds. The van der Waals surface area contributed by atoms with Crippen molar-refractivity contribution in [3.8, 4) is 11.3 Å². The first-order valence-corrected chi connectivity index (χ1v) is 11.9. The summed E-state index contributed by atoms with van der Waals surface area (Å²) in [6.07, 6.45) is 2.13. The highest BCUT2D eigenvalue weighted by atomic mass is 35.5. The Kier molecular flexibility index (Phi) is 6.05. The van der Waals surface area contributed by atoms with E-state index < -0.39 is 0 Å². The Labute approximate surface area is 200 Å². The third kappa shape index (κ3) is 4.73. The maximum absolute atomic E-state index is 13.4. The van der Waals surface area contributed by atoms with Crippen molar-refractivity contribution in [2.45, 2.75) is 13.5 Å². The van der Waals surface area contributed by atoms with Gasteiger partial charge in [0.05, 0.1) is 11.4 Å². The van der Waals surface area contributed by atoms with Crippen LogP contribution < -0.4 is 5.32 Å². The molecule has 0 spiro atoms. The number of nitrogens with one attached hydrogen (secondary N) is 1. The number of imidazole rings is 1. The van der Waals surface area contributed by atoms with Gasteiger partial charge in [0.15, 0.2) is 4.96 Å². The van der Waals surface area contributed by atoms with Gasteiger partial charge >= 0.3 is 6.03 Å². The van der Waals surface area contributed by atoms with Crippen LogP contribution in [0.25, 0.3) is 16.2 Å². The van der Waals surface area contributed by atoms with E-state index in [4.69, 9.17) is 16.6 Å². The van der Waals surface area contributed by atoms with Gasteiger partial charge in [0, 0.05) is 60.1 Å². The number of halogens is 2. The lowest BCUT2D eigenvalue weighted by molar-refractivity contribution is 0.142. The zero-order chi connectivity index (χ0) is 22.9. The molecule has 1 aliphatic heterocycles. The lowest BCUT2D eigenvalue weighted by Gasteiger charge is -2.34. The van der Waals surface area contributed by atoms with Crippen LogP contribution in [-0.2, 0) is 6.54 Å². The number of hydrogen-bond donors (Lipinski definition) is 1. The Hall–Kier alpha value is -2.94. The molecule has 9 heteroatoms. The van der Waals surface area contributed by atoms with Crippen LogP contribution in [0.2, 0.25) is 5.02 Å². The zero-order valence-electron chi connectivity index (χ0n) is 18.1. The van der Waals surface area contributed by atoms with Crippen molar-refractivity contribution in [2.75, 3.05) is 31.5 Å². The van der Waals surface area contributed by atoms with E-state index in [-0.39, 0.29) is 11.8 Å². The van der Waals surface area contributed by atoms with Gasteiger partial charge in [0.2, 0.25) is 0 Å². The van der Waals surface area contributed by atoms with Crippen molar-refractivity contribution in [2.24, 2.45) is 0 Å². The summed E-state index contributed by atoms with van der Waals surface area (Å²) in [5.74, 6) is -0.370. The fourth-order valence-corrected chi connectivity index (χ4v) is 5.05. The molecule has 1 aliphatic rings. The summed E-state index contributed by atoms with van der Waals surface area (Å²) in [6.45, 7) is 5.50. The van der Waals surface area contributed by atoms with Gasteiger partial charge in [-0.1, -0.05) is 29.8 Å². The molecule has 170 valence electrons. The normalized spacial score (nSPS) is 14.7. The number of urea groups is 1. The van der Waals surface area contributed by atoms with Gasteiger partial charge in [-0.25, -0.2) is 14.2 Å². The molecule has 0 unspecified atom stereocenters. The lowest BCUT2D eigenvalue weighted by Crippen LogP contribution is -2.49. The molecular formula is C24H23ClFN5OS. The van der Waals surface area contributed by atoms with E-state index in [1.165, 1.54) is 17.0 Å². The molecule has 2 aromatic carbocycles. The maximum Gasteiger partial charge on any atom is 0.321 e. The van der Waals surface area contributed by atoms with Crippen LogP contribution in [0, 0.1) is 12.7 Å². The summed E-state index contributed by atoms with van der Waals surface area (Å²) >= 11 is 7.76. The largest absolute Gasteiger partial charge is 0.322 e. The molecule has 3 heterocycles. The van der Waals surface area contributed by atoms with Crippen molar-refractivity contribution in [1.82, 2.24) is 19.2 Å². The fourth-order valence-electron chi connectivity index (χ4n) is 4.08. The Morgan fingerprint density at radius 1 is 1.15 bits per heavy atom. The first-order valence-electron chi connectivity index (χ1n) is 10.7. The highest BCUT2D eigenvalue weighted by molar-refractivity contribution is 7.17. The zero-order valence-corrected chi connectivity index (χ0v) is 19.7. The lowest BCUT2D eigenvalue weighted by atomic mass is 10.1. The first kappa shape index (κ1) is 21.9. The molecule has 4 aromatic rings. The van der Waals surface area contributed by atoms with E-state index in [9.17, 15) is 9.18 Å². The minimum Gasteiger partial charge on any atom is -0.322 e. The van der Waals surface area contributed by atoms with Crippen molar-refractivity contribution in [3.63, 3.8) is 0 Å². The predicted octanol–water partition coefficient (Wildman–Crippen LogP) is 5.51. The standard InChI is InChI=1S/C24H23ClFN5OS/c1-16-14-31-21(22(28-24(31)33-16)17-5-7-18(25)8-6-17)15-29-9-11-30(12-10-29)23(32)27-20-4-2-3-19(26)13-20/h2-8,13-14H,9-12,15H2,1H3,(H,27,32). The van der Waals surface area contributed by atoms with Crippen molar-refractivity contribution >= 4 is 39.6 Å². The van der Waals surface area contributed by atoms with Gasteiger partial charge in [-0.05, 0) is 37.3 Å². The molecule has 0 saturated carbocycles. The van der Waals surface area contributed by atoms with Gasteiger partial charge in [-0.2, -0.15) is 0 Å². The van der Waals surface area contributed by atoms with Crippen LogP contribution in [0.1, 0.15) is 10.6 Å². The monoisotopic (exact) mass is 483 g/mol. The number of amides is 2. The van der Waals surface area contributed by atoms with Gasteiger partial charge in [0.1, 0.15) is 5.82 Å². The third-order valence-electron chi connectivity index (χ3n) is 5.77. The van der Waals surface area contributed by atoms with Gasteiger partial charge in [0.25, 0.3) is 0 Å². The number of piperazine rings is 1. The van der Waals surface area contributed by atoms with E-state index in [1.807, 2.05) is 24.3 Å². The number of hydrogen-bond acceptors (Lipinski definition) is 4. The molecule has 1 fully saturated rings. The number of rotatable bonds is 4. The molecule has 0 atom stereocenters. The molecule has 5 rings (SSSR count). The average Bonchev–Trinajstić information content (AvgIpc) is 3.31. The summed E-state index contributed by atoms with van der Waals surface area (Å²) in [5.41, 5.74) is 3.60. The molecule has 33 heavy (non-hydrogen) atoms. The average molecular weight is 484 g/mol. The summed E-state index contributed by atoms with van der Waals surface area (Å²) in [6, 6.07) is 13.5. The molecular weight excluding hydrogens is 461 g/mol. The topological polar surface area (TPSA) is 52.9 Å². The Morgan fingerprint density at radius 2 is 1.91 bits per heavy atom. The fraction of sp³-hybridized carbons (Fsp3) is 0.250. The molecule has 6 nitrogen and oxygen atoms in total. The number of thiazole rings is 1. The maximum atomic E-state index is 13.4. The second kappa shape index (κ2) is 9.13. The van der Waals surface area contributed by atoms with Crippen LogP contribution in [-0.4, -0.2) is 51.4 Å². The Balaban J connectivity index is 1.29. The highest BCUT2D eigenvalue weighted by Gasteiger charge is 2.24. The predicted molar refractivity (Wildman–Crippen MR) is 131 cm³/mol. The molecule has 1 N–H and O–H groups in total. The van der Waals surface area contributed by atoms with Crippen molar-refractivity contribution < 1.29 is 9.18 Å².